The van der Waals surface area contributed by atoms with Crippen LogP contribution < -0.4 is 14.2 Å². The molecule has 1 aromatic rings. The van der Waals surface area contributed by atoms with Gasteiger partial charge in [-0.1, -0.05) is 0 Å². The van der Waals surface area contributed by atoms with E-state index in [1.54, 1.807) is 7.11 Å². The molecule has 23 heavy (non-hydrogen) atoms. The average Bonchev–Trinajstić information content (AvgIpc) is 2.95. The molecule has 5 heteroatoms. The van der Waals surface area contributed by atoms with Gasteiger partial charge in [0.2, 0.25) is 0 Å². The summed E-state index contributed by atoms with van der Waals surface area (Å²) in [6.07, 6.45) is 3.68. The van der Waals surface area contributed by atoms with Gasteiger partial charge in [-0.2, -0.15) is 0 Å². The third-order valence-corrected chi connectivity index (χ3v) is 5.26. The Hall–Kier alpha value is -1.91. The number of benzene rings is 1. The van der Waals surface area contributed by atoms with Crippen molar-refractivity contribution in [3.8, 4) is 17.2 Å². The maximum atomic E-state index is 11.4. The number of ether oxygens (including phenoxy) is 3. The van der Waals surface area contributed by atoms with E-state index in [9.17, 15) is 9.90 Å². The highest BCUT2D eigenvalue weighted by Crippen LogP contribution is 2.61. The Morgan fingerprint density at radius 1 is 1.17 bits per heavy atom. The molecule has 1 N–H and O–H groups in total. The first-order chi connectivity index (χ1) is 10.9. The lowest BCUT2D eigenvalue weighted by atomic mass is 9.84. The van der Waals surface area contributed by atoms with Gasteiger partial charge in [-0.3, -0.25) is 4.79 Å². The molecule has 1 saturated carbocycles. The Bertz CT molecular complexity index is 650. The van der Waals surface area contributed by atoms with Crippen LogP contribution in [0.5, 0.6) is 17.2 Å². The second kappa shape index (κ2) is 4.79. The SMILES string of the molecule is COc1c2c(c(C3(CC(=O)O)CC3)c3c1OC(C)C3)OC(C)C2. The highest BCUT2D eigenvalue weighted by atomic mass is 16.5. The van der Waals surface area contributed by atoms with Crippen LogP contribution >= 0.6 is 0 Å². The molecular formula is C18H22O5. The Kier molecular flexibility index (Phi) is 3.06. The van der Waals surface area contributed by atoms with Crippen molar-refractivity contribution in [2.45, 2.75) is 63.6 Å². The molecule has 124 valence electrons. The summed E-state index contributed by atoms with van der Waals surface area (Å²) < 4.78 is 17.8. The third kappa shape index (κ3) is 2.09. The molecular weight excluding hydrogens is 296 g/mol. The molecule has 2 atom stereocenters. The number of rotatable bonds is 4. The van der Waals surface area contributed by atoms with Gasteiger partial charge in [0.05, 0.1) is 13.5 Å². The first kappa shape index (κ1) is 14.7. The van der Waals surface area contributed by atoms with E-state index in [2.05, 4.69) is 0 Å². The second-order valence-electron chi connectivity index (χ2n) is 7.14. The number of fused-ring (bicyclic) bond motifs is 2. The topological polar surface area (TPSA) is 65.0 Å². The first-order valence-electron chi connectivity index (χ1n) is 8.26. The molecule has 1 fully saturated rings. The van der Waals surface area contributed by atoms with Gasteiger partial charge < -0.3 is 19.3 Å². The van der Waals surface area contributed by atoms with Crippen LogP contribution in [0.2, 0.25) is 0 Å². The van der Waals surface area contributed by atoms with Crippen LogP contribution in [-0.4, -0.2) is 30.4 Å². The smallest absolute Gasteiger partial charge is 0.304 e. The van der Waals surface area contributed by atoms with Crippen LogP contribution in [0, 0.1) is 0 Å². The number of methoxy groups -OCH3 is 1. The summed E-state index contributed by atoms with van der Waals surface area (Å²) in [6, 6.07) is 0. The maximum Gasteiger partial charge on any atom is 0.304 e. The van der Waals surface area contributed by atoms with Gasteiger partial charge in [-0.15, -0.1) is 0 Å². The van der Waals surface area contributed by atoms with E-state index in [1.807, 2.05) is 13.8 Å². The normalized spacial score (nSPS) is 26.0. The molecule has 0 amide bonds. The van der Waals surface area contributed by atoms with Crippen molar-refractivity contribution >= 4 is 5.97 Å². The number of hydrogen-bond donors (Lipinski definition) is 1. The molecule has 0 radical (unpaired) electrons. The molecule has 2 aliphatic heterocycles. The number of carbonyl (C=O) groups is 1. The van der Waals surface area contributed by atoms with Crippen LogP contribution in [0.15, 0.2) is 0 Å². The molecule has 1 aliphatic carbocycles. The predicted molar refractivity (Wildman–Crippen MR) is 83.7 cm³/mol. The Morgan fingerprint density at radius 3 is 2.35 bits per heavy atom. The highest BCUT2D eigenvalue weighted by molar-refractivity contribution is 5.74. The summed E-state index contributed by atoms with van der Waals surface area (Å²) >= 11 is 0. The molecule has 3 aliphatic rings. The number of hydrogen-bond acceptors (Lipinski definition) is 4. The van der Waals surface area contributed by atoms with Gasteiger partial charge >= 0.3 is 5.97 Å². The minimum Gasteiger partial charge on any atom is -0.492 e. The largest absolute Gasteiger partial charge is 0.492 e. The van der Waals surface area contributed by atoms with Crippen LogP contribution in [0.3, 0.4) is 0 Å². The summed E-state index contributed by atoms with van der Waals surface area (Å²) in [7, 11) is 1.66. The zero-order chi connectivity index (χ0) is 16.4. The maximum absolute atomic E-state index is 11.4. The fourth-order valence-electron chi connectivity index (χ4n) is 4.21. The van der Waals surface area contributed by atoms with Crippen molar-refractivity contribution in [2.24, 2.45) is 0 Å². The molecule has 2 heterocycles. The number of aliphatic carboxylic acids is 1. The van der Waals surface area contributed by atoms with Crippen LogP contribution in [-0.2, 0) is 23.1 Å². The van der Waals surface area contributed by atoms with E-state index >= 15 is 0 Å². The lowest BCUT2D eigenvalue weighted by Gasteiger charge is -2.22. The van der Waals surface area contributed by atoms with E-state index in [-0.39, 0.29) is 24.0 Å². The molecule has 1 aromatic carbocycles. The Morgan fingerprint density at radius 2 is 1.78 bits per heavy atom. The molecule has 0 spiro atoms. The van der Waals surface area contributed by atoms with Gasteiger partial charge in [-0.25, -0.2) is 0 Å². The zero-order valence-electron chi connectivity index (χ0n) is 13.8. The lowest BCUT2D eigenvalue weighted by Crippen LogP contribution is -2.17. The van der Waals surface area contributed by atoms with E-state index < -0.39 is 5.97 Å². The third-order valence-electron chi connectivity index (χ3n) is 5.26. The summed E-state index contributed by atoms with van der Waals surface area (Å²) in [5.74, 6) is 1.70. The summed E-state index contributed by atoms with van der Waals surface area (Å²) in [5, 5.41) is 9.36. The number of carboxylic acid groups (broad SMARTS) is 1. The number of carboxylic acids is 1. The fourth-order valence-corrected chi connectivity index (χ4v) is 4.21. The van der Waals surface area contributed by atoms with Crippen LogP contribution in [0.25, 0.3) is 0 Å². The highest BCUT2D eigenvalue weighted by Gasteiger charge is 2.52. The summed E-state index contributed by atoms with van der Waals surface area (Å²) in [5.41, 5.74) is 2.93. The molecule has 2 unspecified atom stereocenters. The average molecular weight is 318 g/mol. The van der Waals surface area contributed by atoms with Crippen molar-refractivity contribution in [1.82, 2.24) is 0 Å². The van der Waals surface area contributed by atoms with E-state index in [1.165, 1.54) is 0 Å². The minimum atomic E-state index is -0.751. The van der Waals surface area contributed by atoms with Crippen LogP contribution in [0.1, 0.15) is 49.8 Å². The molecule has 4 rings (SSSR count). The van der Waals surface area contributed by atoms with Crippen molar-refractivity contribution in [3.05, 3.63) is 16.7 Å². The van der Waals surface area contributed by atoms with Crippen molar-refractivity contribution in [2.75, 3.05) is 7.11 Å². The summed E-state index contributed by atoms with van der Waals surface area (Å²) in [6.45, 7) is 4.07. The predicted octanol–water partition coefficient (Wildman–Crippen LogP) is 2.85. The first-order valence-corrected chi connectivity index (χ1v) is 8.26. The molecule has 0 saturated heterocycles. The zero-order valence-corrected chi connectivity index (χ0v) is 13.8. The van der Waals surface area contributed by atoms with Gasteiger partial charge in [0, 0.05) is 34.9 Å². The Balaban J connectivity index is 1.95. The fraction of sp³-hybridized carbons (Fsp3) is 0.611. The van der Waals surface area contributed by atoms with Gasteiger partial charge in [0.1, 0.15) is 18.0 Å². The van der Waals surface area contributed by atoms with Crippen molar-refractivity contribution in [3.63, 3.8) is 0 Å². The minimum absolute atomic E-state index is 0.0817. The van der Waals surface area contributed by atoms with E-state index in [0.29, 0.717) is 0 Å². The van der Waals surface area contributed by atoms with Crippen molar-refractivity contribution < 1.29 is 24.1 Å². The molecule has 0 aromatic heterocycles. The Labute approximate surface area is 135 Å². The second-order valence-corrected chi connectivity index (χ2v) is 7.14. The van der Waals surface area contributed by atoms with Gasteiger partial charge in [-0.05, 0) is 26.7 Å². The molecule has 0 bridgehead atoms. The van der Waals surface area contributed by atoms with E-state index in [4.69, 9.17) is 14.2 Å². The van der Waals surface area contributed by atoms with Crippen LogP contribution in [0.4, 0.5) is 0 Å². The van der Waals surface area contributed by atoms with Crippen molar-refractivity contribution in [1.29, 1.82) is 0 Å². The lowest BCUT2D eigenvalue weighted by molar-refractivity contribution is -0.137. The van der Waals surface area contributed by atoms with Gasteiger partial charge in [0.25, 0.3) is 0 Å². The van der Waals surface area contributed by atoms with E-state index in [0.717, 1.165) is 59.6 Å². The summed E-state index contributed by atoms with van der Waals surface area (Å²) in [4.78, 5) is 11.4. The quantitative estimate of drug-likeness (QED) is 0.925. The molecule has 5 nitrogen and oxygen atoms in total. The standard InChI is InChI=1S/C18H22O5/c1-9-6-11-14(18(4-5-18)8-13(19)20)15-12(7-10(2)22-15)16(21-3)17(11)23-9/h9-10H,4-8H2,1-3H3,(H,19,20). The van der Waals surface area contributed by atoms with Gasteiger partial charge in [0.15, 0.2) is 11.5 Å². The monoisotopic (exact) mass is 318 g/mol.